The van der Waals surface area contributed by atoms with Crippen LogP contribution in [0.3, 0.4) is 0 Å². The van der Waals surface area contributed by atoms with Crippen LogP contribution in [0.4, 0.5) is 4.79 Å². The van der Waals surface area contributed by atoms with Crippen LogP contribution >= 0.6 is 0 Å². The number of aromatic nitrogens is 1. The van der Waals surface area contributed by atoms with E-state index < -0.39 is 17.7 Å². The second-order valence-electron chi connectivity index (χ2n) is 5.58. The Balaban J connectivity index is 2.71. The van der Waals surface area contributed by atoms with Gasteiger partial charge < -0.3 is 14.8 Å². The van der Waals surface area contributed by atoms with Gasteiger partial charge in [-0.05, 0) is 52.3 Å². The summed E-state index contributed by atoms with van der Waals surface area (Å²) in [6.07, 6.45) is -0.505. The average Bonchev–Trinajstić information content (AvgIpc) is 2.34. The fourth-order valence-corrected chi connectivity index (χ4v) is 1.64. The maximum absolute atomic E-state index is 11.7. The van der Waals surface area contributed by atoms with Crippen LogP contribution < -0.4 is 5.32 Å². The Labute approximate surface area is 124 Å². The lowest BCUT2D eigenvalue weighted by Crippen LogP contribution is -2.32. The van der Waals surface area contributed by atoms with Gasteiger partial charge in [0.05, 0.1) is 6.61 Å². The number of amides is 1. The molecule has 0 unspecified atom stereocenters. The van der Waals surface area contributed by atoms with Crippen molar-refractivity contribution in [3.8, 4) is 0 Å². The number of aryl methyl sites for hydroxylation is 1. The summed E-state index contributed by atoms with van der Waals surface area (Å²) in [5.41, 5.74) is 1.13. The largest absolute Gasteiger partial charge is 0.461 e. The molecule has 0 aliphatic carbocycles. The zero-order chi connectivity index (χ0) is 16.0. The predicted octanol–water partition coefficient (Wildman–Crippen LogP) is 2.59. The number of esters is 1. The molecule has 0 atom stereocenters. The zero-order valence-corrected chi connectivity index (χ0v) is 13.1. The van der Waals surface area contributed by atoms with Gasteiger partial charge in [-0.1, -0.05) is 0 Å². The second-order valence-corrected chi connectivity index (χ2v) is 5.58. The van der Waals surface area contributed by atoms with Crippen molar-refractivity contribution in [1.82, 2.24) is 10.3 Å². The number of rotatable bonds is 4. The highest BCUT2D eigenvalue weighted by atomic mass is 16.6. The Hall–Kier alpha value is -2.11. The molecule has 0 fully saturated rings. The first kappa shape index (κ1) is 16.9. The third kappa shape index (κ3) is 6.25. The molecule has 1 rings (SSSR count). The van der Waals surface area contributed by atoms with Crippen molar-refractivity contribution in [3.05, 3.63) is 29.1 Å². The number of hydrogen-bond donors (Lipinski definition) is 1. The van der Waals surface area contributed by atoms with E-state index >= 15 is 0 Å². The lowest BCUT2D eigenvalue weighted by Gasteiger charge is -2.19. The monoisotopic (exact) mass is 294 g/mol. The number of carbonyl (C=O) groups excluding carboxylic acids is 2. The predicted molar refractivity (Wildman–Crippen MR) is 78.0 cm³/mol. The third-order valence-electron chi connectivity index (χ3n) is 2.33. The summed E-state index contributed by atoms with van der Waals surface area (Å²) in [5.74, 6) is -0.472. The first-order valence-corrected chi connectivity index (χ1v) is 6.83. The summed E-state index contributed by atoms with van der Waals surface area (Å²) in [6.45, 7) is 9.44. The third-order valence-corrected chi connectivity index (χ3v) is 2.33. The molecule has 6 heteroatoms. The Morgan fingerprint density at radius 1 is 1.29 bits per heavy atom. The molecule has 0 spiro atoms. The van der Waals surface area contributed by atoms with Crippen molar-refractivity contribution in [3.63, 3.8) is 0 Å². The molecule has 1 heterocycles. The maximum Gasteiger partial charge on any atom is 0.407 e. The first-order valence-electron chi connectivity index (χ1n) is 6.83. The Bertz CT molecular complexity index is 521. The van der Waals surface area contributed by atoms with E-state index in [1.54, 1.807) is 46.8 Å². The number of carbonyl (C=O) groups is 2. The van der Waals surface area contributed by atoms with Crippen molar-refractivity contribution in [1.29, 1.82) is 0 Å². The van der Waals surface area contributed by atoms with Crippen LogP contribution in [0.15, 0.2) is 12.1 Å². The molecule has 6 nitrogen and oxygen atoms in total. The quantitative estimate of drug-likeness (QED) is 0.864. The number of hydrogen-bond acceptors (Lipinski definition) is 5. The highest BCUT2D eigenvalue weighted by molar-refractivity contribution is 5.87. The summed E-state index contributed by atoms with van der Waals surface area (Å²) >= 11 is 0. The molecule has 21 heavy (non-hydrogen) atoms. The summed E-state index contributed by atoms with van der Waals surface area (Å²) in [5, 5.41) is 2.64. The Kier molecular flexibility index (Phi) is 5.69. The molecule has 0 aromatic carbocycles. The molecule has 0 saturated carbocycles. The van der Waals surface area contributed by atoms with E-state index in [2.05, 4.69) is 10.3 Å². The van der Waals surface area contributed by atoms with Gasteiger partial charge in [0.25, 0.3) is 0 Å². The molecule has 1 N–H and O–H groups in total. The minimum Gasteiger partial charge on any atom is -0.461 e. The number of nitrogens with zero attached hydrogens (tertiary/aromatic N) is 1. The topological polar surface area (TPSA) is 77.5 Å². The summed E-state index contributed by atoms with van der Waals surface area (Å²) in [6, 6.07) is 3.39. The van der Waals surface area contributed by atoms with Crippen LogP contribution in [0.1, 0.15) is 49.4 Å². The van der Waals surface area contributed by atoms with E-state index in [-0.39, 0.29) is 12.2 Å². The molecule has 1 aromatic rings. The van der Waals surface area contributed by atoms with E-state index in [9.17, 15) is 9.59 Å². The molecule has 0 radical (unpaired) electrons. The SMILES string of the molecule is CCOC(=O)c1cc(CNC(=O)OC(C)(C)C)cc(C)n1. The molecule has 1 aromatic heterocycles. The van der Waals surface area contributed by atoms with Crippen molar-refractivity contribution in [2.75, 3.05) is 6.61 Å². The highest BCUT2D eigenvalue weighted by Gasteiger charge is 2.16. The second kappa shape index (κ2) is 7.06. The number of alkyl carbamates (subject to hydrolysis) is 1. The van der Waals surface area contributed by atoms with Gasteiger partial charge in [-0.15, -0.1) is 0 Å². The van der Waals surface area contributed by atoms with Gasteiger partial charge >= 0.3 is 12.1 Å². The van der Waals surface area contributed by atoms with E-state index in [0.717, 1.165) is 5.56 Å². The minimum absolute atomic E-state index is 0.234. The van der Waals surface area contributed by atoms with E-state index in [0.29, 0.717) is 12.3 Å². The molecule has 0 aliphatic rings. The van der Waals surface area contributed by atoms with Crippen LogP contribution in [-0.2, 0) is 16.0 Å². The van der Waals surface area contributed by atoms with Crippen LogP contribution in [-0.4, -0.2) is 29.3 Å². The van der Waals surface area contributed by atoms with E-state index in [1.165, 1.54) is 0 Å². The van der Waals surface area contributed by atoms with E-state index in [1.807, 2.05) is 0 Å². The average molecular weight is 294 g/mol. The van der Waals surface area contributed by atoms with Crippen LogP contribution in [0.2, 0.25) is 0 Å². The fraction of sp³-hybridized carbons (Fsp3) is 0.533. The molecular formula is C15H22N2O4. The minimum atomic E-state index is -0.547. The molecule has 0 aliphatic heterocycles. The maximum atomic E-state index is 11.7. The summed E-state index contributed by atoms with van der Waals surface area (Å²) < 4.78 is 10.1. The van der Waals surface area contributed by atoms with Crippen molar-refractivity contribution < 1.29 is 19.1 Å². The van der Waals surface area contributed by atoms with Crippen LogP contribution in [0.5, 0.6) is 0 Å². The summed E-state index contributed by atoms with van der Waals surface area (Å²) in [4.78, 5) is 27.4. The lowest BCUT2D eigenvalue weighted by molar-refractivity contribution is 0.0514. The Morgan fingerprint density at radius 3 is 2.52 bits per heavy atom. The Morgan fingerprint density at radius 2 is 1.95 bits per heavy atom. The highest BCUT2D eigenvalue weighted by Crippen LogP contribution is 2.09. The number of pyridine rings is 1. The van der Waals surface area contributed by atoms with Crippen molar-refractivity contribution in [2.45, 2.75) is 46.8 Å². The zero-order valence-electron chi connectivity index (χ0n) is 13.1. The van der Waals surface area contributed by atoms with E-state index in [4.69, 9.17) is 9.47 Å². The normalized spacial score (nSPS) is 10.9. The van der Waals surface area contributed by atoms with Gasteiger partial charge in [0.1, 0.15) is 11.3 Å². The van der Waals surface area contributed by atoms with Crippen molar-refractivity contribution >= 4 is 12.1 Å². The van der Waals surface area contributed by atoms with Crippen LogP contribution in [0, 0.1) is 6.92 Å². The molecule has 116 valence electrons. The molecule has 1 amide bonds. The molecule has 0 bridgehead atoms. The smallest absolute Gasteiger partial charge is 0.407 e. The van der Waals surface area contributed by atoms with Gasteiger partial charge in [0.15, 0.2) is 0 Å². The first-order chi connectivity index (χ1) is 9.71. The van der Waals surface area contributed by atoms with Gasteiger partial charge in [-0.2, -0.15) is 0 Å². The fourth-order valence-electron chi connectivity index (χ4n) is 1.64. The van der Waals surface area contributed by atoms with Gasteiger partial charge in [-0.25, -0.2) is 14.6 Å². The standard InChI is InChI=1S/C15H22N2O4/c1-6-20-13(18)12-8-11(7-10(2)17-12)9-16-14(19)21-15(3,4)5/h7-8H,6,9H2,1-5H3,(H,16,19). The number of nitrogens with one attached hydrogen (secondary N) is 1. The van der Waals surface area contributed by atoms with Gasteiger partial charge in [0, 0.05) is 12.2 Å². The molecular weight excluding hydrogens is 272 g/mol. The number of ether oxygens (including phenoxy) is 2. The van der Waals surface area contributed by atoms with Gasteiger partial charge in [0.2, 0.25) is 0 Å². The van der Waals surface area contributed by atoms with Crippen molar-refractivity contribution in [2.24, 2.45) is 0 Å². The van der Waals surface area contributed by atoms with Gasteiger partial charge in [-0.3, -0.25) is 0 Å². The molecule has 0 saturated heterocycles. The summed E-state index contributed by atoms with van der Waals surface area (Å²) in [7, 11) is 0. The van der Waals surface area contributed by atoms with Crippen LogP contribution in [0.25, 0.3) is 0 Å². The lowest BCUT2D eigenvalue weighted by atomic mass is 10.2.